The maximum atomic E-state index is 11.8. The Hall–Kier alpha value is -2.83. The number of hydrogen-bond acceptors (Lipinski definition) is 6. The fourth-order valence-electron chi connectivity index (χ4n) is 1.91. The first-order chi connectivity index (χ1) is 10.3. The van der Waals surface area contributed by atoms with E-state index in [-0.39, 0.29) is 27.5 Å². The molecule has 1 aromatic heterocycles. The molecule has 0 aliphatic carbocycles. The molecule has 1 aromatic carbocycles. The van der Waals surface area contributed by atoms with Crippen LogP contribution in [0.1, 0.15) is 16.1 Å². The Morgan fingerprint density at radius 1 is 1.45 bits per heavy atom. The third kappa shape index (κ3) is 2.65. The van der Waals surface area contributed by atoms with Gasteiger partial charge in [0.25, 0.3) is 10.1 Å². The second-order valence-electron chi connectivity index (χ2n) is 4.25. The number of carbonyl (C=O) groups excluding carboxylic acids is 1. The van der Waals surface area contributed by atoms with Gasteiger partial charge >= 0.3 is 5.97 Å². The topological polar surface area (TPSA) is 135 Å². The molecule has 0 fully saturated rings. The average molecular weight is 321 g/mol. The summed E-state index contributed by atoms with van der Waals surface area (Å²) in [5.41, 5.74) is 5.82. The number of nitrogens with two attached hydrogens (primary N) is 1. The lowest BCUT2D eigenvalue weighted by Crippen LogP contribution is -2.11. The molecule has 22 heavy (non-hydrogen) atoms. The van der Waals surface area contributed by atoms with Crippen molar-refractivity contribution in [1.82, 2.24) is 4.57 Å². The summed E-state index contributed by atoms with van der Waals surface area (Å²) in [4.78, 5) is 11.5. The van der Waals surface area contributed by atoms with E-state index >= 15 is 0 Å². The molecular formula is C13H11N3O5S. The number of nitrogens with zero attached hydrogens (tertiary/aromatic N) is 2. The largest absolute Gasteiger partial charge is 0.464 e. The Labute approximate surface area is 126 Å². The van der Waals surface area contributed by atoms with E-state index in [9.17, 15) is 13.2 Å². The van der Waals surface area contributed by atoms with Crippen LogP contribution in [-0.2, 0) is 14.9 Å². The molecule has 9 heteroatoms. The third-order valence-electron chi connectivity index (χ3n) is 2.94. The van der Waals surface area contributed by atoms with Crippen molar-refractivity contribution in [1.29, 1.82) is 5.26 Å². The van der Waals surface area contributed by atoms with Gasteiger partial charge in [0.05, 0.1) is 23.3 Å². The summed E-state index contributed by atoms with van der Waals surface area (Å²) in [5.74, 6) is -0.781. The number of nitriles is 1. The van der Waals surface area contributed by atoms with Crippen molar-refractivity contribution in [2.24, 2.45) is 0 Å². The minimum absolute atomic E-state index is 0.0395. The predicted octanol–water partition coefficient (Wildman–Crippen LogP) is 0.964. The summed E-state index contributed by atoms with van der Waals surface area (Å²) in [6.45, 7) is 0. The molecule has 3 N–H and O–H groups in total. The zero-order valence-electron chi connectivity index (χ0n) is 11.3. The van der Waals surface area contributed by atoms with Gasteiger partial charge in [-0.15, -0.1) is 0 Å². The first-order valence-corrected chi connectivity index (χ1v) is 7.30. The van der Waals surface area contributed by atoms with Gasteiger partial charge in [0, 0.05) is 11.9 Å². The van der Waals surface area contributed by atoms with E-state index in [0.717, 1.165) is 13.2 Å². The molecule has 0 atom stereocenters. The molecule has 0 bridgehead atoms. The van der Waals surface area contributed by atoms with E-state index in [1.54, 1.807) is 0 Å². The molecule has 0 amide bonds. The van der Waals surface area contributed by atoms with Crippen LogP contribution in [0.4, 0.5) is 5.69 Å². The van der Waals surface area contributed by atoms with E-state index in [4.69, 9.17) is 15.5 Å². The van der Waals surface area contributed by atoms with E-state index in [1.807, 2.05) is 6.07 Å². The number of esters is 1. The smallest absolute Gasteiger partial charge is 0.357 e. The lowest BCUT2D eigenvalue weighted by molar-refractivity contribution is 0.0593. The zero-order chi connectivity index (χ0) is 16.5. The number of methoxy groups -OCH3 is 1. The van der Waals surface area contributed by atoms with Crippen LogP contribution in [0.2, 0.25) is 0 Å². The minimum Gasteiger partial charge on any atom is -0.464 e. The highest BCUT2D eigenvalue weighted by Gasteiger charge is 2.22. The summed E-state index contributed by atoms with van der Waals surface area (Å²) in [7, 11) is -3.25. The number of benzene rings is 1. The highest BCUT2D eigenvalue weighted by atomic mass is 32.2. The van der Waals surface area contributed by atoms with Crippen molar-refractivity contribution < 1.29 is 22.5 Å². The Bertz CT molecular complexity index is 893. The molecule has 1 heterocycles. The Balaban J connectivity index is 2.73. The number of nitrogen functional groups attached to an aromatic ring is 1. The molecule has 2 rings (SSSR count). The fraction of sp³-hybridized carbons (Fsp3) is 0.0769. The number of hydrogen-bond donors (Lipinski definition) is 2. The van der Waals surface area contributed by atoms with Crippen molar-refractivity contribution in [3.05, 3.63) is 41.7 Å². The van der Waals surface area contributed by atoms with Crippen LogP contribution in [0.15, 0.2) is 35.4 Å². The SMILES string of the molecule is COC(=O)c1c(N)c(C#N)cn1-c1cccc(S(=O)(=O)O)c1. The van der Waals surface area contributed by atoms with Crippen LogP contribution in [0.3, 0.4) is 0 Å². The van der Waals surface area contributed by atoms with Crippen molar-refractivity contribution >= 4 is 21.8 Å². The van der Waals surface area contributed by atoms with Crippen LogP contribution in [0.25, 0.3) is 5.69 Å². The molecular weight excluding hydrogens is 310 g/mol. The minimum atomic E-state index is -4.41. The standard InChI is InChI=1S/C13H11N3O5S/c1-21-13(17)12-11(15)8(6-14)7-16(12)9-3-2-4-10(5-9)22(18,19)20/h2-5,7H,15H2,1H3,(H,18,19,20). The van der Waals surface area contributed by atoms with E-state index < -0.39 is 16.1 Å². The average Bonchev–Trinajstić information content (AvgIpc) is 2.82. The van der Waals surface area contributed by atoms with Gasteiger partial charge in [0.1, 0.15) is 6.07 Å². The molecule has 0 unspecified atom stereocenters. The van der Waals surface area contributed by atoms with E-state index in [2.05, 4.69) is 4.74 Å². The molecule has 0 spiro atoms. The van der Waals surface area contributed by atoms with Gasteiger partial charge < -0.3 is 15.0 Å². The quantitative estimate of drug-likeness (QED) is 0.635. The first kappa shape index (κ1) is 15.6. The molecule has 0 aliphatic heterocycles. The van der Waals surface area contributed by atoms with Gasteiger partial charge in [-0.3, -0.25) is 4.55 Å². The molecule has 0 radical (unpaired) electrons. The maximum Gasteiger partial charge on any atom is 0.357 e. The fourth-order valence-corrected chi connectivity index (χ4v) is 2.43. The number of ether oxygens (including phenoxy) is 1. The molecule has 0 saturated carbocycles. The van der Waals surface area contributed by atoms with E-state index in [1.165, 1.54) is 29.0 Å². The maximum absolute atomic E-state index is 11.8. The van der Waals surface area contributed by atoms with Crippen molar-refractivity contribution in [2.45, 2.75) is 4.90 Å². The van der Waals surface area contributed by atoms with Crippen molar-refractivity contribution in [2.75, 3.05) is 12.8 Å². The monoisotopic (exact) mass is 321 g/mol. The van der Waals surface area contributed by atoms with Crippen molar-refractivity contribution in [3.63, 3.8) is 0 Å². The Morgan fingerprint density at radius 3 is 2.68 bits per heavy atom. The number of rotatable bonds is 3. The highest BCUT2D eigenvalue weighted by Crippen LogP contribution is 2.25. The summed E-state index contributed by atoms with van der Waals surface area (Å²) in [6, 6.07) is 7.02. The van der Waals surface area contributed by atoms with Crippen molar-refractivity contribution in [3.8, 4) is 11.8 Å². The van der Waals surface area contributed by atoms with Gasteiger partial charge in [0.15, 0.2) is 5.69 Å². The number of carbonyl (C=O) groups is 1. The highest BCUT2D eigenvalue weighted by molar-refractivity contribution is 7.85. The normalized spacial score (nSPS) is 11.0. The zero-order valence-corrected chi connectivity index (χ0v) is 12.2. The van der Waals surface area contributed by atoms with Gasteiger partial charge in [-0.05, 0) is 18.2 Å². The Morgan fingerprint density at radius 2 is 2.14 bits per heavy atom. The summed E-state index contributed by atoms with van der Waals surface area (Å²) in [5, 5.41) is 9.01. The van der Waals surface area contributed by atoms with Crippen LogP contribution < -0.4 is 5.73 Å². The van der Waals surface area contributed by atoms with Gasteiger partial charge in [-0.25, -0.2) is 4.79 Å². The molecule has 0 aliphatic rings. The lowest BCUT2D eigenvalue weighted by Gasteiger charge is -2.09. The second-order valence-corrected chi connectivity index (χ2v) is 5.67. The molecule has 2 aromatic rings. The Kier molecular flexibility index (Phi) is 3.90. The summed E-state index contributed by atoms with van der Waals surface area (Å²) in [6.07, 6.45) is 1.28. The summed E-state index contributed by atoms with van der Waals surface area (Å²) < 4.78 is 37.3. The predicted molar refractivity (Wildman–Crippen MR) is 76.1 cm³/mol. The van der Waals surface area contributed by atoms with E-state index in [0.29, 0.717) is 0 Å². The molecule has 114 valence electrons. The van der Waals surface area contributed by atoms with Crippen LogP contribution in [-0.4, -0.2) is 30.6 Å². The van der Waals surface area contributed by atoms with Crippen LogP contribution >= 0.6 is 0 Å². The third-order valence-corrected chi connectivity index (χ3v) is 3.79. The second kappa shape index (κ2) is 5.51. The summed E-state index contributed by atoms with van der Waals surface area (Å²) >= 11 is 0. The number of anilines is 1. The van der Waals surface area contributed by atoms with Gasteiger partial charge in [0.2, 0.25) is 0 Å². The van der Waals surface area contributed by atoms with Gasteiger partial charge in [-0.1, -0.05) is 6.07 Å². The van der Waals surface area contributed by atoms with Gasteiger partial charge in [-0.2, -0.15) is 13.7 Å². The van der Waals surface area contributed by atoms with Crippen LogP contribution in [0, 0.1) is 11.3 Å². The first-order valence-electron chi connectivity index (χ1n) is 5.86. The van der Waals surface area contributed by atoms with Crippen LogP contribution in [0.5, 0.6) is 0 Å². The molecule has 0 saturated heterocycles. The lowest BCUT2D eigenvalue weighted by atomic mass is 10.2. The molecule has 8 nitrogen and oxygen atoms in total. The number of aromatic nitrogens is 1.